The number of ether oxygens (including phenoxy) is 1. The Morgan fingerprint density at radius 1 is 0.983 bits per heavy atom. The first-order valence-corrected chi connectivity index (χ1v) is 20.8. The molecule has 0 aromatic heterocycles. The monoisotopic (exact) mass is 819 g/mol. The Morgan fingerprint density at radius 3 is 2.16 bits per heavy atom. The van der Waals surface area contributed by atoms with Crippen LogP contribution in [-0.2, 0) is 19.1 Å². The zero-order valence-corrected chi connectivity index (χ0v) is 36.0. The van der Waals surface area contributed by atoms with E-state index in [4.69, 9.17) is 21.3 Å². The molecule has 1 aliphatic carbocycles. The lowest BCUT2D eigenvalue weighted by molar-refractivity contribution is -0.130. The van der Waals surface area contributed by atoms with Gasteiger partial charge in [0.2, 0.25) is 23.6 Å². The van der Waals surface area contributed by atoms with Crippen LogP contribution in [0.5, 0.6) is 0 Å². The molecule has 7 N–H and O–H groups in total. The van der Waals surface area contributed by atoms with Crippen molar-refractivity contribution in [3.8, 4) is 0 Å². The Labute approximate surface area is 347 Å². The van der Waals surface area contributed by atoms with E-state index in [1.165, 1.54) is 0 Å². The van der Waals surface area contributed by atoms with Gasteiger partial charge in [0.15, 0.2) is 0 Å². The Hall–Kier alpha value is -3.49. The number of benzene rings is 1. The van der Waals surface area contributed by atoms with E-state index in [2.05, 4.69) is 62.4 Å². The van der Waals surface area contributed by atoms with Crippen molar-refractivity contribution < 1.29 is 27.9 Å². The number of nitrogens with zero attached hydrogens (tertiary/aromatic N) is 2. The van der Waals surface area contributed by atoms with Gasteiger partial charge in [-0.05, 0) is 101 Å². The van der Waals surface area contributed by atoms with E-state index in [1.807, 2.05) is 30.9 Å². The number of hydrogen-bond donors (Lipinski definition) is 6. The van der Waals surface area contributed by atoms with Crippen molar-refractivity contribution in [3.63, 3.8) is 0 Å². The van der Waals surface area contributed by atoms with Crippen molar-refractivity contribution in [2.75, 3.05) is 38.2 Å². The number of hydrogen-bond acceptors (Lipinski definition) is 8. The van der Waals surface area contributed by atoms with E-state index in [0.29, 0.717) is 49.5 Å². The Bertz CT molecular complexity index is 1510. The van der Waals surface area contributed by atoms with Crippen molar-refractivity contribution in [2.45, 2.75) is 158 Å². The second-order valence-electron chi connectivity index (χ2n) is 18.5. The summed E-state index contributed by atoms with van der Waals surface area (Å²) in [4.78, 5) is 42.9. The summed E-state index contributed by atoms with van der Waals surface area (Å²) in [5, 5.41) is 25.9. The van der Waals surface area contributed by atoms with Crippen molar-refractivity contribution in [2.24, 2.45) is 28.4 Å². The number of carbonyl (C=O) groups excluding carboxylic acids is 3. The summed E-state index contributed by atoms with van der Waals surface area (Å²) in [5.74, 6) is -3.36. The number of halogens is 2. The number of nitrogens with one attached hydrogen (secondary N) is 5. The number of nitrogens with two attached hydrogens (primary N) is 1. The molecule has 12 nitrogen and oxygen atoms in total. The quantitative estimate of drug-likeness (QED) is 0.0576. The van der Waals surface area contributed by atoms with Gasteiger partial charge in [-0.1, -0.05) is 61.1 Å². The van der Waals surface area contributed by atoms with Crippen LogP contribution in [0.1, 0.15) is 139 Å². The smallest absolute Gasteiger partial charge is 0.250 e. The van der Waals surface area contributed by atoms with Crippen molar-refractivity contribution in [3.05, 3.63) is 29.8 Å². The lowest BCUT2D eigenvalue weighted by atomic mass is 9.75. The lowest BCUT2D eigenvalue weighted by Crippen LogP contribution is -2.47. The molecule has 14 heteroatoms. The summed E-state index contributed by atoms with van der Waals surface area (Å²) in [6.45, 7) is 19.4. The van der Waals surface area contributed by atoms with E-state index < -0.39 is 23.8 Å². The highest BCUT2D eigenvalue weighted by atomic mass is 19.3. The van der Waals surface area contributed by atoms with Gasteiger partial charge in [0.05, 0.1) is 11.9 Å². The first-order chi connectivity index (χ1) is 26.5. The maximum atomic E-state index is 13.9. The molecule has 1 aliphatic heterocycles. The average molecular weight is 819 g/mol. The van der Waals surface area contributed by atoms with E-state index in [0.717, 1.165) is 31.2 Å². The second kappa shape index (κ2) is 22.2. The van der Waals surface area contributed by atoms with Crippen LogP contribution in [0, 0.1) is 33.5 Å². The molecule has 1 heterocycles. The molecule has 330 valence electrons. The van der Waals surface area contributed by atoms with Gasteiger partial charge in [0.1, 0.15) is 19.0 Å². The van der Waals surface area contributed by atoms with Crippen LogP contribution in [0.15, 0.2) is 24.3 Å². The Kier molecular flexibility index (Phi) is 19.4. The predicted molar refractivity (Wildman–Crippen MR) is 230 cm³/mol. The molecule has 3 amide bonds. The topological polar surface area (TPSA) is 177 Å². The van der Waals surface area contributed by atoms with Crippen LogP contribution in [0.2, 0.25) is 0 Å². The number of amides is 3. The van der Waals surface area contributed by atoms with E-state index >= 15 is 0 Å². The zero-order chi connectivity index (χ0) is 42.7. The van der Waals surface area contributed by atoms with Gasteiger partial charge < -0.3 is 31.3 Å². The van der Waals surface area contributed by atoms with Gasteiger partial charge in [-0.2, -0.15) is 0 Å². The maximum Gasteiger partial charge on any atom is 0.250 e. The van der Waals surface area contributed by atoms with Crippen LogP contribution in [0.4, 0.5) is 14.5 Å². The molecule has 4 atom stereocenters. The molecule has 1 aromatic rings. The highest BCUT2D eigenvalue weighted by molar-refractivity contribution is 5.98. The van der Waals surface area contributed by atoms with Crippen LogP contribution < -0.4 is 21.7 Å². The van der Waals surface area contributed by atoms with Gasteiger partial charge >= 0.3 is 0 Å². The lowest BCUT2D eigenvalue weighted by Gasteiger charge is -2.37. The molecule has 4 unspecified atom stereocenters. The summed E-state index contributed by atoms with van der Waals surface area (Å²) < 4.78 is 33.3. The molecule has 1 aromatic carbocycles. The average Bonchev–Trinajstić information content (AvgIpc) is 3.46. The molecule has 3 rings (SSSR count). The first kappa shape index (κ1) is 50.7. The second-order valence-corrected chi connectivity index (χ2v) is 18.5. The highest BCUT2D eigenvalue weighted by Crippen LogP contribution is 2.37. The minimum absolute atomic E-state index is 0. The van der Waals surface area contributed by atoms with E-state index in [1.54, 1.807) is 19.1 Å². The van der Waals surface area contributed by atoms with Gasteiger partial charge in [-0.15, -0.1) is 0 Å². The summed E-state index contributed by atoms with van der Waals surface area (Å²) in [7, 11) is 0. The third-order valence-corrected chi connectivity index (χ3v) is 11.6. The number of alkyl halides is 2. The maximum absolute atomic E-state index is 13.9. The van der Waals surface area contributed by atoms with Crippen molar-refractivity contribution in [1.29, 1.82) is 10.8 Å². The third-order valence-electron chi connectivity index (χ3n) is 11.6. The fourth-order valence-electron chi connectivity index (χ4n) is 8.55. The molecular weight excluding hydrogens is 743 g/mol. The molecule has 1 saturated heterocycles. The summed E-state index contributed by atoms with van der Waals surface area (Å²) in [5.41, 5.74) is 7.03. The van der Waals surface area contributed by atoms with Gasteiger partial charge in [-0.3, -0.25) is 30.1 Å². The fraction of sp³-hybridized carbons (Fsp3) is 0.750. The van der Waals surface area contributed by atoms with E-state index in [9.17, 15) is 23.2 Å². The van der Waals surface area contributed by atoms with Crippen LogP contribution >= 0.6 is 0 Å². The molecule has 1 saturated carbocycles. The Balaban J connectivity index is 0.0000116. The van der Waals surface area contributed by atoms with Crippen LogP contribution in [0.3, 0.4) is 0 Å². The Morgan fingerprint density at radius 2 is 1.59 bits per heavy atom. The van der Waals surface area contributed by atoms with Gasteiger partial charge in [0.25, 0.3) is 0 Å². The number of amidine groups is 2. The number of likely N-dealkylation sites (tertiary alicyclic amines) is 1. The predicted octanol–water partition coefficient (Wildman–Crippen LogP) is 7.73. The largest absolute Gasteiger partial charge is 0.362 e. The molecule has 2 fully saturated rings. The summed E-state index contributed by atoms with van der Waals surface area (Å²) in [6, 6.07) is 7.35. The minimum Gasteiger partial charge on any atom is -0.362 e. The van der Waals surface area contributed by atoms with Crippen LogP contribution in [0.25, 0.3) is 0 Å². The summed E-state index contributed by atoms with van der Waals surface area (Å²) >= 11 is 0. The van der Waals surface area contributed by atoms with Gasteiger partial charge in [0, 0.05) is 61.6 Å². The number of carbonyl (C=O) groups is 3. The number of rotatable bonds is 20. The minimum atomic E-state index is -2.73. The fourth-order valence-corrected chi connectivity index (χ4v) is 8.55. The molecular formula is C44H76F2N8O4. The number of anilines is 1. The SMILES string of the molecule is C.CC(=N)N(C(=N)C(C)C)C(C)CC1CCC(C)N1CCC(NC(=O)C1CCC(F)(F)CC1)c1ccc(NC(=O)COCC(=O)NCC(C)(C)CC(C)(C)CN)cc1. The van der Waals surface area contributed by atoms with Crippen molar-refractivity contribution in [1.82, 2.24) is 20.4 Å². The van der Waals surface area contributed by atoms with Crippen molar-refractivity contribution >= 4 is 35.1 Å². The molecule has 2 aliphatic rings. The molecule has 58 heavy (non-hydrogen) atoms. The molecule has 0 radical (unpaired) electrons. The summed E-state index contributed by atoms with van der Waals surface area (Å²) in [6.07, 6.45) is 3.92. The standard InChI is InChI=1S/C43H72F2N8O4.CH4/c1-28(2)39(48)53(31(5)47)30(4)22-35-15-10-29(3)52(35)21-18-36(51-40(56)33-16-19-43(44,45)20-17-33)32-11-13-34(14-12-32)50-38(55)24-57-23-37(54)49-27-42(8,9)25-41(6,7)26-46;/h11-14,28-30,33,35-36,47-48H,10,15-27,46H2,1-9H3,(H,49,54)(H,50,55)(H,51,56);1H4. The van der Waals surface area contributed by atoms with Crippen LogP contribution in [-0.4, -0.2) is 96.1 Å². The zero-order valence-electron chi connectivity index (χ0n) is 36.0. The van der Waals surface area contributed by atoms with E-state index in [-0.39, 0.29) is 87.0 Å². The molecule has 0 spiro atoms. The molecule has 0 bridgehead atoms. The first-order valence-electron chi connectivity index (χ1n) is 20.8. The highest BCUT2D eigenvalue weighted by Gasteiger charge is 2.39. The normalized spacial score (nSPS) is 19.8. The van der Waals surface area contributed by atoms with Gasteiger partial charge in [-0.25, -0.2) is 8.78 Å². The third kappa shape index (κ3) is 15.9.